The average molecular weight is 348 g/mol. The van der Waals surface area contributed by atoms with Crippen LogP contribution in [0.1, 0.15) is 46.1 Å². The molecule has 2 atom stereocenters. The number of rotatable bonds is 5. The van der Waals surface area contributed by atoms with Gasteiger partial charge in [-0.2, -0.15) is 5.48 Å². The number of Topliss-reactive ketones (excluding diaryl/α,β-unsaturated/α-hetero) is 1. The van der Waals surface area contributed by atoms with E-state index in [2.05, 4.69) is 5.48 Å². The summed E-state index contributed by atoms with van der Waals surface area (Å²) in [6.45, 7) is 7.79. The van der Waals surface area contributed by atoms with Crippen molar-refractivity contribution in [1.82, 2.24) is 10.4 Å². The van der Waals surface area contributed by atoms with E-state index in [0.29, 0.717) is 19.6 Å². The van der Waals surface area contributed by atoms with Crippen LogP contribution in [0.5, 0.6) is 0 Å². The number of benzene rings is 1. The number of piperidine rings is 1. The molecule has 6 nitrogen and oxygen atoms in total. The van der Waals surface area contributed by atoms with Gasteiger partial charge < -0.3 is 4.74 Å². The third-order valence-corrected chi connectivity index (χ3v) is 4.01. The van der Waals surface area contributed by atoms with E-state index >= 15 is 0 Å². The fourth-order valence-electron chi connectivity index (χ4n) is 2.83. The van der Waals surface area contributed by atoms with Gasteiger partial charge in [0.1, 0.15) is 5.60 Å². The van der Waals surface area contributed by atoms with Crippen molar-refractivity contribution in [3.8, 4) is 0 Å². The first kappa shape index (κ1) is 19.4. The van der Waals surface area contributed by atoms with E-state index in [-0.39, 0.29) is 11.8 Å². The van der Waals surface area contributed by atoms with Gasteiger partial charge in [0.15, 0.2) is 5.78 Å². The van der Waals surface area contributed by atoms with Gasteiger partial charge in [0.05, 0.1) is 18.7 Å². The Bertz CT molecular complexity index is 583. The Morgan fingerprint density at radius 1 is 1.20 bits per heavy atom. The van der Waals surface area contributed by atoms with Gasteiger partial charge in [0.25, 0.3) is 0 Å². The molecule has 1 fully saturated rings. The number of nitrogens with one attached hydrogen (secondary N) is 1. The summed E-state index contributed by atoms with van der Waals surface area (Å²) >= 11 is 0. The third-order valence-electron chi connectivity index (χ3n) is 4.01. The fraction of sp³-hybridized carbons (Fsp3) is 0.579. The highest BCUT2D eigenvalue weighted by atomic mass is 16.6. The van der Waals surface area contributed by atoms with Crippen molar-refractivity contribution in [2.75, 3.05) is 6.54 Å². The lowest BCUT2D eigenvalue weighted by atomic mass is 9.96. The zero-order valence-electron chi connectivity index (χ0n) is 15.5. The van der Waals surface area contributed by atoms with E-state index in [9.17, 15) is 9.59 Å². The summed E-state index contributed by atoms with van der Waals surface area (Å²) < 4.78 is 5.45. The minimum Gasteiger partial charge on any atom is -0.444 e. The van der Waals surface area contributed by atoms with Crippen LogP contribution in [0.4, 0.5) is 4.79 Å². The summed E-state index contributed by atoms with van der Waals surface area (Å²) in [6.07, 6.45) is 0.904. The number of carbonyl (C=O) groups excluding carboxylic acids is 2. The molecule has 0 radical (unpaired) electrons. The van der Waals surface area contributed by atoms with Crippen molar-refractivity contribution in [2.24, 2.45) is 0 Å². The molecule has 1 N–H and O–H groups in total. The van der Waals surface area contributed by atoms with Gasteiger partial charge in [-0.15, -0.1) is 0 Å². The first-order valence-corrected chi connectivity index (χ1v) is 8.67. The van der Waals surface area contributed by atoms with Crippen LogP contribution in [0.2, 0.25) is 0 Å². The molecule has 1 aliphatic heterocycles. The van der Waals surface area contributed by atoms with Crippen molar-refractivity contribution in [3.63, 3.8) is 0 Å². The van der Waals surface area contributed by atoms with E-state index in [0.717, 1.165) is 12.0 Å². The van der Waals surface area contributed by atoms with Gasteiger partial charge in [-0.1, -0.05) is 30.3 Å². The Kier molecular flexibility index (Phi) is 6.56. The van der Waals surface area contributed by atoms with E-state index in [4.69, 9.17) is 9.57 Å². The zero-order chi connectivity index (χ0) is 18.4. The predicted octanol–water partition coefficient (Wildman–Crippen LogP) is 3.06. The second-order valence-corrected chi connectivity index (χ2v) is 7.43. The van der Waals surface area contributed by atoms with Crippen LogP contribution in [-0.4, -0.2) is 41.0 Å². The van der Waals surface area contributed by atoms with Crippen LogP contribution in [0.3, 0.4) is 0 Å². The summed E-state index contributed by atoms with van der Waals surface area (Å²) in [6, 6.07) is 9.39. The molecule has 25 heavy (non-hydrogen) atoms. The average Bonchev–Trinajstić information content (AvgIpc) is 2.54. The van der Waals surface area contributed by atoms with Crippen molar-refractivity contribution in [2.45, 2.75) is 64.8 Å². The molecular formula is C19H28N2O4. The predicted molar refractivity (Wildman–Crippen MR) is 94.8 cm³/mol. The summed E-state index contributed by atoms with van der Waals surface area (Å²) in [7, 11) is 0. The number of ether oxygens (including phenoxy) is 1. The molecule has 1 aromatic carbocycles. The maximum atomic E-state index is 12.5. The second kappa shape index (κ2) is 8.45. The van der Waals surface area contributed by atoms with Gasteiger partial charge in [-0.05, 0) is 46.1 Å². The summed E-state index contributed by atoms with van der Waals surface area (Å²) in [5.74, 6) is -0.0190. The number of ketones is 1. The normalized spacial score (nSPS) is 21.0. The minimum atomic E-state index is -0.595. The van der Waals surface area contributed by atoms with Crippen LogP contribution >= 0.6 is 0 Å². The highest BCUT2D eigenvalue weighted by Crippen LogP contribution is 2.21. The van der Waals surface area contributed by atoms with Crippen LogP contribution in [-0.2, 0) is 21.0 Å². The fourth-order valence-corrected chi connectivity index (χ4v) is 2.83. The standard InChI is InChI=1S/C19H28N2O4/c1-14(22)17-11-10-16(12-21(17)18(23)25-19(2,3)4)20-24-13-15-8-6-5-7-9-15/h5-9,16-17,20H,10-13H2,1-4H3/t16-,17+/m1/s1. The van der Waals surface area contributed by atoms with E-state index < -0.39 is 17.7 Å². The molecule has 0 bridgehead atoms. The Labute approximate surface area is 149 Å². The Morgan fingerprint density at radius 3 is 2.48 bits per heavy atom. The van der Waals surface area contributed by atoms with Crippen LogP contribution in [0.15, 0.2) is 30.3 Å². The molecule has 1 amide bonds. The zero-order valence-corrected chi connectivity index (χ0v) is 15.5. The highest BCUT2D eigenvalue weighted by Gasteiger charge is 2.36. The van der Waals surface area contributed by atoms with Crippen molar-refractivity contribution < 1.29 is 19.2 Å². The molecule has 0 saturated carbocycles. The Hall–Kier alpha value is -1.92. The molecular weight excluding hydrogens is 320 g/mol. The monoisotopic (exact) mass is 348 g/mol. The molecule has 0 aliphatic carbocycles. The van der Waals surface area contributed by atoms with Gasteiger partial charge in [0, 0.05) is 6.54 Å². The van der Waals surface area contributed by atoms with Crippen molar-refractivity contribution in [3.05, 3.63) is 35.9 Å². The lowest BCUT2D eigenvalue weighted by Gasteiger charge is -2.39. The molecule has 1 aromatic rings. The second-order valence-electron chi connectivity index (χ2n) is 7.43. The minimum absolute atomic E-state index is 0.0190. The first-order chi connectivity index (χ1) is 11.8. The number of carbonyl (C=O) groups is 2. The van der Waals surface area contributed by atoms with Crippen molar-refractivity contribution in [1.29, 1.82) is 0 Å². The third kappa shape index (κ3) is 6.14. The molecule has 6 heteroatoms. The molecule has 0 aromatic heterocycles. The van der Waals surface area contributed by atoms with E-state index in [1.54, 1.807) is 0 Å². The molecule has 1 aliphatic rings. The summed E-state index contributed by atoms with van der Waals surface area (Å²) in [5.41, 5.74) is 3.49. The Morgan fingerprint density at radius 2 is 1.88 bits per heavy atom. The van der Waals surface area contributed by atoms with Crippen LogP contribution in [0, 0.1) is 0 Å². The molecule has 0 unspecified atom stereocenters. The topological polar surface area (TPSA) is 67.9 Å². The van der Waals surface area contributed by atoms with E-state index in [1.807, 2.05) is 51.1 Å². The molecule has 138 valence electrons. The maximum Gasteiger partial charge on any atom is 0.410 e. The maximum absolute atomic E-state index is 12.5. The number of hydroxylamine groups is 1. The largest absolute Gasteiger partial charge is 0.444 e. The van der Waals surface area contributed by atoms with E-state index in [1.165, 1.54) is 11.8 Å². The lowest BCUT2D eigenvalue weighted by Crippen LogP contribution is -2.55. The number of hydrogen-bond donors (Lipinski definition) is 1. The van der Waals surface area contributed by atoms with Crippen LogP contribution < -0.4 is 5.48 Å². The quantitative estimate of drug-likeness (QED) is 0.828. The van der Waals surface area contributed by atoms with Gasteiger partial charge in [-0.3, -0.25) is 14.5 Å². The van der Waals surface area contributed by atoms with Gasteiger partial charge in [0.2, 0.25) is 0 Å². The van der Waals surface area contributed by atoms with Gasteiger partial charge >= 0.3 is 6.09 Å². The number of likely N-dealkylation sites (tertiary alicyclic amines) is 1. The molecule has 1 heterocycles. The van der Waals surface area contributed by atoms with Crippen molar-refractivity contribution >= 4 is 11.9 Å². The smallest absolute Gasteiger partial charge is 0.410 e. The van der Waals surface area contributed by atoms with Crippen LogP contribution in [0.25, 0.3) is 0 Å². The highest BCUT2D eigenvalue weighted by molar-refractivity contribution is 5.85. The molecule has 0 spiro atoms. The number of hydrogen-bond acceptors (Lipinski definition) is 5. The lowest BCUT2D eigenvalue weighted by molar-refractivity contribution is -0.124. The molecule has 1 saturated heterocycles. The molecule has 2 rings (SSSR count). The number of nitrogens with zero attached hydrogens (tertiary/aromatic N) is 1. The summed E-state index contributed by atoms with van der Waals surface area (Å²) in [5, 5.41) is 0. The summed E-state index contributed by atoms with van der Waals surface area (Å²) in [4.78, 5) is 31.4. The Balaban J connectivity index is 1.91. The number of amides is 1. The SMILES string of the molecule is CC(=O)[C@@H]1CC[C@@H](NOCc2ccccc2)CN1C(=O)OC(C)(C)C. The first-order valence-electron chi connectivity index (χ1n) is 8.67. The van der Waals surface area contributed by atoms with Gasteiger partial charge in [-0.25, -0.2) is 4.79 Å².